The molecule has 0 aliphatic heterocycles. The van der Waals surface area contributed by atoms with Gasteiger partial charge in [0.25, 0.3) is 15.7 Å². The van der Waals surface area contributed by atoms with Gasteiger partial charge in [0.1, 0.15) is 16.5 Å². The van der Waals surface area contributed by atoms with Crippen LogP contribution in [0.2, 0.25) is 0 Å². The Morgan fingerprint density at radius 1 is 1.06 bits per heavy atom. The average Bonchev–Trinajstić information content (AvgIpc) is 2.74. The van der Waals surface area contributed by atoms with E-state index in [9.17, 15) is 22.9 Å². The quantitative estimate of drug-likeness (QED) is 0.308. The number of rotatable bonds is 8. The van der Waals surface area contributed by atoms with E-state index in [4.69, 9.17) is 4.74 Å². The number of ether oxygens (including phenoxy) is 1. The zero-order valence-corrected chi connectivity index (χ0v) is 17.0. The molecule has 0 atom stereocenters. The van der Waals surface area contributed by atoms with Crippen molar-refractivity contribution in [2.24, 2.45) is 5.10 Å². The SMILES string of the molecule is COc1ccccc1NS(=O)(=O)c1cc([N+](=O)[O-])ccc1N/N=C/c1cccc(F)c1. The zero-order valence-electron chi connectivity index (χ0n) is 16.2. The van der Waals surface area contributed by atoms with Gasteiger partial charge in [-0.05, 0) is 35.9 Å². The first-order valence-electron chi connectivity index (χ1n) is 8.79. The van der Waals surface area contributed by atoms with Crippen LogP contribution in [0.15, 0.2) is 76.7 Å². The van der Waals surface area contributed by atoms with Crippen molar-refractivity contribution < 1.29 is 22.5 Å². The van der Waals surface area contributed by atoms with Gasteiger partial charge in [0.15, 0.2) is 0 Å². The maximum Gasteiger partial charge on any atom is 0.270 e. The van der Waals surface area contributed by atoms with Crippen molar-refractivity contribution in [1.29, 1.82) is 0 Å². The molecular weight excluding hydrogens is 427 g/mol. The molecule has 2 N–H and O–H groups in total. The van der Waals surface area contributed by atoms with Crippen LogP contribution in [0.3, 0.4) is 0 Å². The highest BCUT2D eigenvalue weighted by Gasteiger charge is 2.23. The summed E-state index contributed by atoms with van der Waals surface area (Å²) in [6, 6.07) is 15.2. The standard InChI is InChI=1S/C20H17FN4O5S/c1-30-19-8-3-2-7-17(19)24-31(28,29)20-12-16(25(26)27)9-10-18(20)23-22-13-14-5-4-6-15(21)11-14/h2-13,23-24H,1H3/b22-13+. The van der Waals surface area contributed by atoms with Crippen LogP contribution in [0.25, 0.3) is 0 Å². The number of nitro groups is 1. The summed E-state index contributed by atoms with van der Waals surface area (Å²) in [6.45, 7) is 0. The molecule has 31 heavy (non-hydrogen) atoms. The topological polar surface area (TPSA) is 123 Å². The molecule has 3 aromatic rings. The predicted molar refractivity (Wildman–Crippen MR) is 115 cm³/mol. The maximum absolute atomic E-state index is 13.3. The van der Waals surface area contributed by atoms with Crippen molar-refractivity contribution in [3.8, 4) is 5.75 Å². The van der Waals surface area contributed by atoms with Gasteiger partial charge in [0.2, 0.25) is 0 Å². The van der Waals surface area contributed by atoms with E-state index < -0.39 is 31.3 Å². The number of sulfonamides is 1. The molecule has 0 fully saturated rings. The van der Waals surface area contributed by atoms with Gasteiger partial charge in [-0.15, -0.1) is 0 Å². The molecular formula is C20H17FN4O5S. The number of para-hydroxylation sites is 2. The average molecular weight is 444 g/mol. The fourth-order valence-electron chi connectivity index (χ4n) is 2.63. The zero-order chi connectivity index (χ0) is 22.4. The van der Waals surface area contributed by atoms with E-state index in [1.165, 1.54) is 43.7 Å². The van der Waals surface area contributed by atoms with Gasteiger partial charge in [-0.1, -0.05) is 24.3 Å². The fraction of sp³-hybridized carbons (Fsp3) is 0.0500. The lowest BCUT2D eigenvalue weighted by atomic mass is 10.2. The molecule has 3 aromatic carbocycles. The van der Waals surface area contributed by atoms with Gasteiger partial charge in [-0.25, -0.2) is 12.8 Å². The monoisotopic (exact) mass is 444 g/mol. The number of anilines is 2. The van der Waals surface area contributed by atoms with Crippen LogP contribution in [0.1, 0.15) is 5.56 Å². The van der Waals surface area contributed by atoms with Crippen molar-refractivity contribution in [2.45, 2.75) is 4.90 Å². The molecule has 0 bridgehead atoms. The normalized spacial score (nSPS) is 11.3. The molecule has 0 aliphatic rings. The Hall–Kier alpha value is -3.99. The van der Waals surface area contributed by atoms with Crippen molar-refractivity contribution in [1.82, 2.24) is 0 Å². The minimum atomic E-state index is -4.27. The number of nitrogens with zero attached hydrogens (tertiary/aromatic N) is 2. The van der Waals surface area contributed by atoms with E-state index in [1.54, 1.807) is 24.3 Å². The highest BCUT2D eigenvalue weighted by atomic mass is 32.2. The molecule has 0 aromatic heterocycles. The number of benzene rings is 3. The Balaban J connectivity index is 1.96. The molecule has 0 saturated carbocycles. The van der Waals surface area contributed by atoms with E-state index in [2.05, 4.69) is 15.2 Å². The lowest BCUT2D eigenvalue weighted by Crippen LogP contribution is -2.15. The Morgan fingerprint density at radius 3 is 2.55 bits per heavy atom. The molecule has 0 radical (unpaired) electrons. The van der Waals surface area contributed by atoms with Gasteiger partial charge >= 0.3 is 0 Å². The summed E-state index contributed by atoms with van der Waals surface area (Å²) in [7, 11) is -2.88. The smallest absolute Gasteiger partial charge is 0.270 e. The van der Waals surface area contributed by atoms with Crippen LogP contribution in [-0.2, 0) is 10.0 Å². The van der Waals surface area contributed by atoms with E-state index in [0.29, 0.717) is 5.56 Å². The minimum Gasteiger partial charge on any atom is -0.495 e. The van der Waals surface area contributed by atoms with Crippen LogP contribution in [-0.4, -0.2) is 26.7 Å². The Bertz CT molecular complexity index is 1250. The highest BCUT2D eigenvalue weighted by molar-refractivity contribution is 7.93. The van der Waals surface area contributed by atoms with E-state index >= 15 is 0 Å². The molecule has 0 aliphatic carbocycles. The van der Waals surface area contributed by atoms with Crippen molar-refractivity contribution in [3.05, 3.63) is 88.2 Å². The first kappa shape index (κ1) is 21.7. The molecule has 0 saturated heterocycles. The van der Waals surface area contributed by atoms with Crippen LogP contribution in [0.5, 0.6) is 5.75 Å². The summed E-state index contributed by atoms with van der Waals surface area (Å²) < 4.78 is 46.8. The second-order valence-electron chi connectivity index (χ2n) is 6.17. The van der Waals surface area contributed by atoms with Gasteiger partial charge < -0.3 is 4.74 Å². The number of methoxy groups -OCH3 is 1. The Kier molecular flexibility index (Phi) is 6.46. The lowest BCUT2D eigenvalue weighted by Gasteiger charge is -2.14. The van der Waals surface area contributed by atoms with Crippen molar-refractivity contribution in [2.75, 3.05) is 17.3 Å². The van der Waals surface area contributed by atoms with Crippen molar-refractivity contribution >= 4 is 33.3 Å². The molecule has 9 nitrogen and oxygen atoms in total. The number of non-ortho nitro benzene ring substituents is 1. The third-order valence-electron chi connectivity index (χ3n) is 4.06. The Labute approximate surface area is 177 Å². The summed E-state index contributed by atoms with van der Waals surface area (Å²) in [6.07, 6.45) is 1.29. The Morgan fingerprint density at radius 2 is 1.84 bits per heavy atom. The molecule has 11 heteroatoms. The largest absolute Gasteiger partial charge is 0.495 e. The third-order valence-corrected chi connectivity index (χ3v) is 5.47. The van der Waals surface area contributed by atoms with E-state index in [0.717, 1.165) is 12.1 Å². The number of halogens is 1. The second kappa shape index (κ2) is 9.22. The third kappa shape index (κ3) is 5.34. The number of hydrogen-bond acceptors (Lipinski definition) is 7. The van der Waals surface area contributed by atoms with Crippen LogP contribution in [0.4, 0.5) is 21.5 Å². The van der Waals surface area contributed by atoms with Crippen molar-refractivity contribution in [3.63, 3.8) is 0 Å². The minimum absolute atomic E-state index is 0.0133. The molecule has 0 spiro atoms. The number of hydrogen-bond donors (Lipinski definition) is 2. The van der Waals surface area contributed by atoms with Crippen LogP contribution >= 0.6 is 0 Å². The second-order valence-corrected chi connectivity index (χ2v) is 7.82. The van der Waals surface area contributed by atoms with E-state index in [1.807, 2.05) is 0 Å². The summed E-state index contributed by atoms with van der Waals surface area (Å²) >= 11 is 0. The lowest BCUT2D eigenvalue weighted by molar-refractivity contribution is -0.385. The van der Waals surface area contributed by atoms with E-state index in [-0.39, 0.29) is 17.1 Å². The predicted octanol–water partition coefficient (Wildman–Crippen LogP) is 3.99. The summed E-state index contributed by atoms with van der Waals surface area (Å²) in [5.41, 5.74) is 2.71. The summed E-state index contributed by atoms with van der Waals surface area (Å²) in [4.78, 5) is 10.1. The van der Waals surface area contributed by atoms with Crippen LogP contribution < -0.4 is 14.9 Å². The highest BCUT2D eigenvalue weighted by Crippen LogP contribution is 2.31. The van der Waals surface area contributed by atoms with Gasteiger partial charge in [-0.3, -0.25) is 20.3 Å². The molecule has 3 rings (SSSR count). The molecule has 0 heterocycles. The maximum atomic E-state index is 13.3. The van der Waals surface area contributed by atoms with Gasteiger partial charge in [0.05, 0.1) is 29.6 Å². The molecule has 160 valence electrons. The first-order chi connectivity index (χ1) is 14.8. The molecule has 0 unspecified atom stereocenters. The van der Waals surface area contributed by atoms with Gasteiger partial charge in [0, 0.05) is 12.1 Å². The number of nitro benzene ring substituents is 1. The summed E-state index contributed by atoms with van der Waals surface area (Å²) in [5, 5.41) is 15.1. The number of hydrazone groups is 1. The fourth-order valence-corrected chi connectivity index (χ4v) is 3.88. The number of nitrogens with one attached hydrogen (secondary N) is 2. The molecule has 0 amide bonds. The van der Waals surface area contributed by atoms with Crippen LogP contribution in [0, 0.1) is 15.9 Å². The van der Waals surface area contributed by atoms with Gasteiger partial charge in [-0.2, -0.15) is 5.10 Å². The first-order valence-corrected chi connectivity index (χ1v) is 10.3. The summed E-state index contributed by atoms with van der Waals surface area (Å²) in [5.74, 6) is -0.182.